The van der Waals surface area contributed by atoms with Crippen molar-refractivity contribution in [3.8, 4) is 0 Å². The molecule has 0 heterocycles. The summed E-state index contributed by atoms with van der Waals surface area (Å²) in [5.74, 6) is 0.104. The van der Waals surface area contributed by atoms with Crippen LogP contribution >= 0.6 is 0 Å². The minimum atomic E-state index is -0.186. The molecule has 0 spiro atoms. The van der Waals surface area contributed by atoms with E-state index in [4.69, 9.17) is 10.8 Å². The van der Waals surface area contributed by atoms with Crippen LogP contribution in [0.1, 0.15) is 33.9 Å². The lowest BCUT2D eigenvalue weighted by atomic mass is 10.1. The highest BCUT2D eigenvalue weighted by molar-refractivity contribution is 6.01. The summed E-state index contributed by atoms with van der Waals surface area (Å²) >= 11 is 0. The maximum atomic E-state index is 11.3. The standard InChI is InChI=1S/C10H11NO2/c11-9-4-10(13)7-2-1-6(5-12)3-8(7)9/h1-3,9,12H,4-5,11H2. The van der Waals surface area contributed by atoms with Crippen molar-refractivity contribution in [3.63, 3.8) is 0 Å². The Morgan fingerprint density at radius 3 is 3.00 bits per heavy atom. The Balaban J connectivity index is 2.52. The summed E-state index contributed by atoms with van der Waals surface area (Å²) in [6.45, 7) is -0.00576. The van der Waals surface area contributed by atoms with E-state index in [0.717, 1.165) is 11.1 Å². The number of fused-ring (bicyclic) bond motifs is 1. The van der Waals surface area contributed by atoms with Crippen LogP contribution in [0.5, 0.6) is 0 Å². The second-order valence-corrected chi connectivity index (χ2v) is 3.31. The van der Waals surface area contributed by atoms with Gasteiger partial charge in [0.05, 0.1) is 6.61 Å². The number of Topliss-reactive ketones (excluding diaryl/α,β-unsaturated/α-hetero) is 1. The average molecular weight is 177 g/mol. The number of benzene rings is 1. The number of hydrogen-bond acceptors (Lipinski definition) is 3. The van der Waals surface area contributed by atoms with E-state index >= 15 is 0 Å². The van der Waals surface area contributed by atoms with Crippen LogP contribution in [0.2, 0.25) is 0 Å². The molecule has 1 aromatic carbocycles. The van der Waals surface area contributed by atoms with Gasteiger partial charge in [0.25, 0.3) is 0 Å². The molecule has 0 amide bonds. The Hall–Kier alpha value is -1.19. The number of aliphatic hydroxyl groups excluding tert-OH is 1. The van der Waals surface area contributed by atoms with Gasteiger partial charge in [0.1, 0.15) is 0 Å². The number of carbonyl (C=O) groups is 1. The van der Waals surface area contributed by atoms with Crippen LogP contribution in [-0.2, 0) is 6.61 Å². The number of hydrogen-bond donors (Lipinski definition) is 2. The van der Waals surface area contributed by atoms with Crippen molar-refractivity contribution >= 4 is 5.78 Å². The van der Waals surface area contributed by atoms with Gasteiger partial charge < -0.3 is 10.8 Å². The smallest absolute Gasteiger partial charge is 0.165 e. The molecule has 0 saturated carbocycles. The number of ketones is 1. The lowest BCUT2D eigenvalue weighted by Crippen LogP contribution is -2.06. The molecule has 1 aliphatic carbocycles. The van der Waals surface area contributed by atoms with Crippen LogP contribution in [0.15, 0.2) is 18.2 Å². The second kappa shape index (κ2) is 2.94. The quantitative estimate of drug-likeness (QED) is 0.665. The first kappa shape index (κ1) is 8.41. The highest BCUT2D eigenvalue weighted by Crippen LogP contribution is 2.29. The third-order valence-corrected chi connectivity index (χ3v) is 2.40. The fraction of sp³-hybridized carbons (Fsp3) is 0.300. The Morgan fingerprint density at radius 2 is 2.31 bits per heavy atom. The van der Waals surface area contributed by atoms with E-state index in [2.05, 4.69) is 0 Å². The monoisotopic (exact) mass is 177 g/mol. The zero-order valence-corrected chi connectivity index (χ0v) is 7.16. The van der Waals surface area contributed by atoms with Crippen LogP contribution < -0.4 is 5.73 Å². The van der Waals surface area contributed by atoms with Gasteiger partial charge in [-0.25, -0.2) is 0 Å². The number of carbonyl (C=O) groups excluding carboxylic acids is 1. The van der Waals surface area contributed by atoms with Gasteiger partial charge in [0.2, 0.25) is 0 Å². The SMILES string of the molecule is NC1CC(=O)c2ccc(CO)cc21. The minimum Gasteiger partial charge on any atom is -0.392 e. The maximum absolute atomic E-state index is 11.3. The average Bonchev–Trinajstić information content (AvgIpc) is 2.42. The first-order valence-corrected chi connectivity index (χ1v) is 4.25. The molecule has 0 saturated heterocycles. The second-order valence-electron chi connectivity index (χ2n) is 3.31. The molecule has 0 aliphatic heterocycles. The van der Waals surface area contributed by atoms with Crippen molar-refractivity contribution in [1.82, 2.24) is 0 Å². The van der Waals surface area contributed by atoms with E-state index in [1.807, 2.05) is 6.07 Å². The van der Waals surface area contributed by atoms with E-state index in [1.54, 1.807) is 12.1 Å². The predicted octanol–water partition coefficient (Wildman–Crippen LogP) is 0.765. The zero-order valence-electron chi connectivity index (χ0n) is 7.16. The number of nitrogens with two attached hydrogens (primary N) is 1. The van der Waals surface area contributed by atoms with Gasteiger partial charge in [0, 0.05) is 18.0 Å². The van der Waals surface area contributed by atoms with Crippen molar-refractivity contribution in [1.29, 1.82) is 0 Å². The summed E-state index contributed by atoms with van der Waals surface area (Å²) in [6.07, 6.45) is 0.393. The maximum Gasteiger partial charge on any atom is 0.165 e. The van der Waals surface area contributed by atoms with Crippen molar-refractivity contribution in [2.75, 3.05) is 0 Å². The molecular weight excluding hydrogens is 166 g/mol. The lowest BCUT2D eigenvalue weighted by molar-refractivity contribution is 0.0989. The van der Waals surface area contributed by atoms with Gasteiger partial charge in [-0.05, 0) is 11.1 Å². The van der Waals surface area contributed by atoms with Crippen molar-refractivity contribution in [3.05, 3.63) is 34.9 Å². The molecule has 3 nitrogen and oxygen atoms in total. The van der Waals surface area contributed by atoms with Crippen molar-refractivity contribution in [2.45, 2.75) is 19.1 Å². The highest BCUT2D eigenvalue weighted by Gasteiger charge is 2.26. The third-order valence-electron chi connectivity index (χ3n) is 2.40. The molecule has 2 rings (SSSR count). The van der Waals surface area contributed by atoms with E-state index in [1.165, 1.54) is 0 Å². The topological polar surface area (TPSA) is 63.3 Å². The van der Waals surface area contributed by atoms with Crippen LogP contribution in [0, 0.1) is 0 Å². The van der Waals surface area contributed by atoms with Gasteiger partial charge in [-0.3, -0.25) is 4.79 Å². The minimum absolute atomic E-state index is 0.00576. The number of aliphatic hydroxyl groups is 1. The molecule has 1 unspecified atom stereocenters. The fourth-order valence-electron chi connectivity index (χ4n) is 1.69. The largest absolute Gasteiger partial charge is 0.392 e. The van der Waals surface area contributed by atoms with Crippen LogP contribution in [0.25, 0.3) is 0 Å². The Kier molecular flexibility index (Phi) is 1.90. The summed E-state index contributed by atoms with van der Waals surface area (Å²) in [6, 6.07) is 5.13. The molecule has 0 fully saturated rings. The molecule has 0 radical (unpaired) electrons. The molecule has 68 valence electrons. The molecule has 1 aliphatic rings. The van der Waals surface area contributed by atoms with Gasteiger partial charge in [-0.2, -0.15) is 0 Å². The molecule has 13 heavy (non-hydrogen) atoms. The van der Waals surface area contributed by atoms with E-state index in [0.29, 0.717) is 12.0 Å². The van der Waals surface area contributed by atoms with Gasteiger partial charge >= 0.3 is 0 Å². The Labute approximate surface area is 76.2 Å². The highest BCUT2D eigenvalue weighted by atomic mass is 16.3. The summed E-state index contributed by atoms with van der Waals surface area (Å²) < 4.78 is 0. The van der Waals surface area contributed by atoms with E-state index in [-0.39, 0.29) is 18.4 Å². The van der Waals surface area contributed by atoms with Gasteiger partial charge in [0.15, 0.2) is 5.78 Å². The molecule has 0 aromatic heterocycles. The van der Waals surface area contributed by atoms with Crippen LogP contribution in [0.4, 0.5) is 0 Å². The number of rotatable bonds is 1. The molecule has 1 atom stereocenters. The van der Waals surface area contributed by atoms with Gasteiger partial charge in [-0.1, -0.05) is 18.2 Å². The van der Waals surface area contributed by atoms with Crippen molar-refractivity contribution < 1.29 is 9.90 Å². The predicted molar refractivity (Wildman–Crippen MR) is 48.2 cm³/mol. The summed E-state index contributed by atoms with van der Waals surface area (Å²) in [5, 5.41) is 8.90. The van der Waals surface area contributed by atoms with Crippen LogP contribution in [0.3, 0.4) is 0 Å². The molecule has 1 aromatic rings. The fourth-order valence-corrected chi connectivity index (χ4v) is 1.69. The van der Waals surface area contributed by atoms with Gasteiger partial charge in [-0.15, -0.1) is 0 Å². The van der Waals surface area contributed by atoms with Crippen LogP contribution in [-0.4, -0.2) is 10.9 Å². The Bertz CT molecular complexity index is 360. The molecule has 0 bridgehead atoms. The van der Waals surface area contributed by atoms with E-state index < -0.39 is 0 Å². The molecule has 3 heteroatoms. The summed E-state index contributed by atoms with van der Waals surface area (Å²) in [7, 11) is 0. The normalized spacial score (nSPS) is 20.5. The van der Waals surface area contributed by atoms with Crippen molar-refractivity contribution in [2.24, 2.45) is 5.73 Å². The molecular formula is C10H11NO2. The Morgan fingerprint density at radius 1 is 1.54 bits per heavy atom. The summed E-state index contributed by atoms with van der Waals surface area (Å²) in [5.41, 5.74) is 8.15. The first-order chi connectivity index (χ1) is 6.22. The zero-order chi connectivity index (χ0) is 9.42. The molecule has 3 N–H and O–H groups in total. The van der Waals surface area contributed by atoms with E-state index in [9.17, 15) is 4.79 Å². The first-order valence-electron chi connectivity index (χ1n) is 4.25. The summed E-state index contributed by atoms with van der Waals surface area (Å²) in [4.78, 5) is 11.3. The lowest BCUT2D eigenvalue weighted by Gasteiger charge is -2.04. The third kappa shape index (κ3) is 1.26.